The molecule has 0 amide bonds. The zero-order valence-electron chi connectivity index (χ0n) is 8.75. The fraction of sp³-hybridized carbons (Fsp3) is 0.300. The van der Waals surface area contributed by atoms with E-state index < -0.39 is 7.38 Å². The van der Waals surface area contributed by atoms with Gasteiger partial charge in [0, 0.05) is 5.38 Å². The van der Waals surface area contributed by atoms with Gasteiger partial charge in [-0.15, -0.1) is 0 Å². The lowest BCUT2D eigenvalue weighted by Gasteiger charge is -2.09. The van der Waals surface area contributed by atoms with Gasteiger partial charge in [-0.3, -0.25) is 0 Å². The summed E-state index contributed by atoms with van der Waals surface area (Å²) in [4.78, 5) is 7.77. The second-order valence-electron chi connectivity index (χ2n) is 4.07. The van der Waals surface area contributed by atoms with Gasteiger partial charge in [0.1, 0.15) is 0 Å². The quantitative estimate of drug-likeness (QED) is 0.516. The monoisotopic (exact) mass is 256 g/mol. The number of rotatable bonds is 3. The Morgan fingerprint density at radius 1 is 1.40 bits per heavy atom. The summed E-state index contributed by atoms with van der Waals surface area (Å²) in [5, 5.41) is 1.95. The van der Waals surface area contributed by atoms with Crippen molar-refractivity contribution in [2.45, 2.75) is 18.3 Å². The molecule has 80 valence electrons. The molecule has 0 atom stereocenters. The van der Waals surface area contributed by atoms with E-state index in [2.05, 4.69) is 23.1 Å². The van der Waals surface area contributed by atoms with Crippen molar-refractivity contribution in [3.05, 3.63) is 24.3 Å². The first-order valence-electron chi connectivity index (χ1n) is 4.81. The Bertz CT molecular complexity index is 431. The zero-order valence-corrected chi connectivity index (χ0v) is 11.3. The summed E-state index contributed by atoms with van der Waals surface area (Å²) >= 11 is 7.97. The number of hydrogen-bond acceptors (Lipinski definition) is 2. The first-order chi connectivity index (χ1) is 7.04. The van der Waals surface area contributed by atoms with Gasteiger partial charge in [-0.25, -0.2) is 4.98 Å². The van der Waals surface area contributed by atoms with Crippen LogP contribution in [0, 0.1) is 0 Å². The highest BCUT2D eigenvalue weighted by molar-refractivity contribution is 8.01. The van der Waals surface area contributed by atoms with Gasteiger partial charge in [-0.05, 0) is 12.1 Å². The Morgan fingerprint density at radius 3 is 2.80 bits per heavy atom. The van der Waals surface area contributed by atoms with Gasteiger partial charge in [0.2, 0.25) is 0 Å². The minimum absolute atomic E-state index is 0.970. The molecule has 5 heteroatoms. The normalized spacial score (nSPS) is 12.2. The fourth-order valence-electron chi connectivity index (χ4n) is 1.24. The third-order valence-corrected chi connectivity index (χ3v) is 6.69. The van der Waals surface area contributed by atoms with Crippen LogP contribution < -0.4 is 0 Å². The largest absolute Gasteiger partial charge is 0.333 e. The minimum Gasteiger partial charge on any atom is -0.333 e. The summed E-state index contributed by atoms with van der Waals surface area (Å²) in [5.74, 6) is 0. The molecule has 0 fully saturated rings. The third-order valence-electron chi connectivity index (χ3n) is 1.92. The Balaban J connectivity index is 2.16. The highest BCUT2D eigenvalue weighted by Crippen LogP contribution is 2.23. The number of hydrogen-bond donors (Lipinski definition) is 1. The Hall–Kier alpha value is -0.453. The molecule has 15 heavy (non-hydrogen) atoms. The second-order valence-corrected chi connectivity index (χ2v) is 12.4. The molecule has 0 aliphatic heterocycles. The molecule has 0 aliphatic carbocycles. The van der Waals surface area contributed by atoms with Crippen molar-refractivity contribution in [3.63, 3.8) is 0 Å². The first-order valence-corrected chi connectivity index (χ1v) is 10.0. The van der Waals surface area contributed by atoms with Gasteiger partial charge in [0.05, 0.1) is 11.0 Å². The average Bonchev–Trinajstić information content (AvgIpc) is 2.56. The van der Waals surface area contributed by atoms with Crippen LogP contribution >= 0.6 is 22.8 Å². The number of aromatic nitrogens is 2. The van der Waals surface area contributed by atoms with E-state index in [0.29, 0.717) is 0 Å². The van der Waals surface area contributed by atoms with E-state index in [4.69, 9.17) is 11.1 Å². The molecule has 0 aliphatic rings. The van der Waals surface area contributed by atoms with Crippen LogP contribution in [0.1, 0.15) is 0 Å². The van der Waals surface area contributed by atoms with Crippen LogP contribution in [-0.2, 0) is 0 Å². The number of benzene rings is 1. The van der Waals surface area contributed by atoms with Gasteiger partial charge < -0.3 is 4.98 Å². The number of nitrogens with one attached hydrogen (secondary N) is 1. The molecule has 2 aromatic rings. The van der Waals surface area contributed by atoms with Gasteiger partial charge >= 0.3 is 0 Å². The van der Waals surface area contributed by atoms with Crippen LogP contribution in [0.5, 0.6) is 0 Å². The molecule has 2 rings (SSSR count). The molecular weight excluding hydrogens is 244 g/mol. The van der Waals surface area contributed by atoms with Gasteiger partial charge in [-0.1, -0.05) is 37.0 Å². The number of imidazole rings is 1. The number of fused-ring (bicyclic) bond motifs is 1. The second kappa shape index (κ2) is 4.20. The van der Waals surface area contributed by atoms with E-state index in [1.807, 2.05) is 24.3 Å². The van der Waals surface area contributed by atoms with Crippen molar-refractivity contribution in [2.24, 2.45) is 0 Å². The van der Waals surface area contributed by atoms with Gasteiger partial charge in [0.25, 0.3) is 0 Å². The van der Waals surface area contributed by atoms with Crippen LogP contribution in [0.3, 0.4) is 0 Å². The van der Waals surface area contributed by atoms with Crippen molar-refractivity contribution in [3.8, 4) is 0 Å². The SMILES string of the molecule is C[Si](C)(Cl)CSc1nc2ccccc2[nH]1. The lowest BCUT2D eigenvalue weighted by Crippen LogP contribution is -2.20. The topological polar surface area (TPSA) is 28.7 Å². The highest BCUT2D eigenvalue weighted by atomic mass is 35.6. The van der Waals surface area contributed by atoms with Gasteiger partial charge in [-0.2, -0.15) is 11.1 Å². The number of para-hydroxylation sites is 2. The third kappa shape index (κ3) is 3.00. The molecule has 0 saturated heterocycles. The molecule has 0 saturated carbocycles. The number of halogens is 1. The van der Waals surface area contributed by atoms with Crippen LogP contribution in [0.4, 0.5) is 0 Å². The molecule has 0 radical (unpaired) electrons. The van der Waals surface area contributed by atoms with Crippen LogP contribution in [-0.4, -0.2) is 22.7 Å². The molecule has 1 aromatic heterocycles. The summed E-state index contributed by atoms with van der Waals surface area (Å²) in [7, 11) is -1.51. The van der Waals surface area contributed by atoms with Crippen molar-refractivity contribution < 1.29 is 0 Å². The molecule has 0 unspecified atom stereocenters. The van der Waals surface area contributed by atoms with Crippen molar-refractivity contribution >= 4 is 41.3 Å². The van der Waals surface area contributed by atoms with E-state index in [1.165, 1.54) is 0 Å². The van der Waals surface area contributed by atoms with Crippen LogP contribution in [0.25, 0.3) is 11.0 Å². The minimum atomic E-state index is -1.51. The molecule has 1 aromatic carbocycles. The Morgan fingerprint density at radius 2 is 2.13 bits per heavy atom. The summed E-state index contributed by atoms with van der Waals surface area (Å²) in [6.07, 6.45) is 0. The lowest BCUT2D eigenvalue weighted by atomic mass is 10.3. The maximum absolute atomic E-state index is 6.26. The van der Waals surface area contributed by atoms with E-state index in [1.54, 1.807) is 11.8 Å². The van der Waals surface area contributed by atoms with E-state index in [-0.39, 0.29) is 0 Å². The van der Waals surface area contributed by atoms with Crippen molar-refractivity contribution in [2.75, 3.05) is 5.38 Å². The van der Waals surface area contributed by atoms with E-state index >= 15 is 0 Å². The molecule has 0 bridgehead atoms. The van der Waals surface area contributed by atoms with E-state index in [0.717, 1.165) is 21.6 Å². The molecule has 0 spiro atoms. The zero-order chi connectivity index (χ0) is 10.9. The smallest absolute Gasteiger partial charge is 0.166 e. The summed E-state index contributed by atoms with van der Waals surface area (Å²) in [6.45, 7) is 4.29. The number of nitrogens with zero attached hydrogens (tertiary/aromatic N) is 1. The highest BCUT2D eigenvalue weighted by Gasteiger charge is 2.18. The lowest BCUT2D eigenvalue weighted by molar-refractivity contribution is 1.08. The first kappa shape index (κ1) is 11.0. The van der Waals surface area contributed by atoms with Crippen molar-refractivity contribution in [1.82, 2.24) is 9.97 Å². The van der Waals surface area contributed by atoms with Gasteiger partial charge in [0.15, 0.2) is 12.5 Å². The Labute approximate surface area is 99.1 Å². The average molecular weight is 257 g/mol. The Kier molecular flexibility index (Phi) is 3.09. The molecular formula is C10H13ClN2SSi. The standard InChI is InChI=1S/C10H13ClN2SSi/c1-15(2,11)7-14-10-12-8-5-3-4-6-9(8)13-10/h3-6H,7H2,1-2H3,(H,12,13). The predicted octanol–water partition coefficient (Wildman–Crippen LogP) is 3.64. The fourth-order valence-corrected chi connectivity index (χ4v) is 3.99. The molecule has 1 heterocycles. The van der Waals surface area contributed by atoms with Crippen LogP contribution in [0.15, 0.2) is 29.4 Å². The predicted molar refractivity (Wildman–Crippen MR) is 70.2 cm³/mol. The van der Waals surface area contributed by atoms with Crippen LogP contribution in [0.2, 0.25) is 13.1 Å². The molecule has 1 N–H and O–H groups in total. The molecule has 2 nitrogen and oxygen atoms in total. The summed E-state index contributed by atoms with van der Waals surface area (Å²) in [6, 6.07) is 8.06. The number of thioether (sulfide) groups is 1. The van der Waals surface area contributed by atoms with E-state index in [9.17, 15) is 0 Å². The van der Waals surface area contributed by atoms with Crippen molar-refractivity contribution in [1.29, 1.82) is 0 Å². The maximum atomic E-state index is 6.26. The maximum Gasteiger partial charge on any atom is 0.166 e. The summed E-state index contributed by atoms with van der Waals surface area (Å²) < 4.78 is 0. The number of aromatic amines is 1. The number of H-pyrrole nitrogens is 1. The summed E-state index contributed by atoms with van der Waals surface area (Å²) in [5.41, 5.74) is 2.11.